The molecule has 6 nitrogen and oxygen atoms in total. The van der Waals surface area contributed by atoms with Gasteiger partial charge in [0.15, 0.2) is 12.7 Å². The van der Waals surface area contributed by atoms with Gasteiger partial charge in [-0.15, -0.1) is 0 Å². The fraction of sp³-hybridized carbons (Fsp3) is 0.263. The van der Waals surface area contributed by atoms with E-state index in [1.807, 2.05) is 0 Å². The molecule has 2 rings (SSSR count). The molecule has 1 atom stereocenters. The lowest BCUT2D eigenvalue weighted by Gasteiger charge is -2.15. The molecule has 1 N–H and O–H groups in total. The smallest absolute Gasteiger partial charge is 0.416 e. The van der Waals surface area contributed by atoms with Crippen LogP contribution in [0.2, 0.25) is 0 Å². The summed E-state index contributed by atoms with van der Waals surface area (Å²) in [5.74, 6) is -0.548. The Kier molecular flexibility index (Phi) is 6.86. The topological polar surface area (TPSA) is 73.9 Å². The highest BCUT2D eigenvalue weighted by Crippen LogP contribution is 2.30. The van der Waals surface area contributed by atoms with E-state index >= 15 is 0 Å². The van der Waals surface area contributed by atoms with Crippen molar-refractivity contribution in [1.29, 1.82) is 0 Å². The molecule has 0 aromatic heterocycles. The van der Waals surface area contributed by atoms with Gasteiger partial charge in [-0.2, -0.15) is 13.2 Å². The van der Waals surface area contributed by atoms with E-state index in [-0.39, 0.29) is 5.69 Å². The molecule has 2 aromatic rings. The third-order valence-electron chi connectivity index (χ3n) is 3.55. The van der Waals surface area contributed by atoms with Gasteiger partial charge in [0.2, 0.25) is 0 Å². The Labute approximate surface area is 159 Å². The van der Waals surface area contributed by atoms with E-state index in [2.05, 4.69) is 5.32 Å². The van der Waals surface area contributed by atoms with Crippen LogP contribution in [0.25, 0.3) is 0 Å². The minimum absolute atomic E-state index is 0.0581. The van der Waals surface area contributed by atoms with Crippen molar-refractivity contribution < 1.29 is 37.0 Å². The number of hydrogen-bond acceptors (Lipinski definition) is 5. The Morgan fingerprint density at radius 3 is 2.32 bits per heavy atom. The number of halogens is 3. The summed E-state index contributed by atoms with van der Waals surface area (Å²) in [7, 11) is 1.51. The summed E-state index contributed by atoms with van der Waals surface area (Å²) in [4.78, 5) is 23.8. The van der Waals surface area contributed by atoms with E-state index in [0.717, 1.165) is 18.2 Å². The number of hydrogen-bond donors (Lipinski definition) is 1. The molecule has 0 spiro atoms. The van der Waals surface area contributed by atoms with Crippen LogP contribution in [0.1, 0.15) is 12.5 Å². The molecule has 0 aliphatic heterocycles. The summed E-state index contributed by atoms with van der Waals surface area (Å²) < 4.78 is 53.3. The van der Waals surface area contributed by atoms with Crippen molar-refractivity contribution in [3.05, 3.63) is 54.1 Å². The summed E-state index contributed by atoms with van der Waals surface area (Å²) in [6.07, 6.45) is -5.75. The van der Waals surface area contributed by atoms with E-state index in [1.165, 1.54) is 20.1 Å². The van der Waals surface area contributed by atoms with Crippen molar-refractivity contribution in [2.24, 2.45) is 0 Å². The second-order valence-corrected chi connectivity index (χ2v) is 5.66. The standard InChI is InChI=1S/C19H18F3NO5/c1-12(18(25)23-14-5-3-4-13(10-14)19(20,21)22)28-17(24)11-27-16-8-6-15(26-2)7-9-16/h3-10,12H,11H2,1-2H3,(H,23,25)/t12-/m1/s1. The van der Waals surface area contributed by atoms with Crippen molar-refractivity contribution in [1.82, 2.24) is 0 Å². The monoisotopic (exact) mass is 397 g/mol. The zero-order chi connectivity index (χ0) is 20.7. The SMILES string of the molecule is COc1ccc(OCC(=O)O[C@H](C)C(=O)Nc2cccc(C(F)(F)F)c2)cc1. The number of benzene rings is 2. The summed E-state index contributed by atoms with van der Waals surface area (Å²) in [6.45, 7) is 0.863. The molecular weight excluding hydrogens is 379 g/mol. The Morgan fingerprint density at radius 1 is 1.07 bits per heavy atom. The highest BCUT2D eigenvalue weighted by molar-refractivity contribution is 5.95. The Balaban J connectivity index is 1.85. The largest absolute Gasteiger partial charge is 0.497 e. The van der Waals surface area contributed by atoms with Crippen LogP contribution >= 0.6 is 0 Å². The van der Waals surface area contributed by atoms with Gasteiger partial charge in [0.25, 0.3) is 5.91 Å². The molecule has 0 aliphatic rings. The fourth-order valence-electron chi connectivity index (χ4n) is 2.12. The van der Waals surface area contributed by atoms with Gasteiger partial charge in [0.05, 0.1) is 12.7 Å². The van der Waals surface area contributed by atoms with Crippen LogP contribution in [0.5, 0.6) is 11.5 Å². The minimum atomic E-state index is -4.53. The van der Waals surface area contributed by atoms with E-state index in [4.69, 9.17) is 14.2 Å². The molecule has 0 radical (unpaired) electrons. The summed E-state index contributed by atoms with van der Waals surface area (Å²) in [5, 5.41) is 2.28. The lowest BCUT2D eigenvalue weighted by atomic mass is 10.2. The van der Waals surface area contributed by atoms with Crippen molar-refractivity contribution in [2.45, 2.75) is 19.2 Å². The van der Waals surface area contributed by atoms with E-state index in [0.29, 0.717) is 11.5 Å². The number of carbonyl (C=O) groups is 2. The van der Waals surface area contributed by atoms with Gasteiger partial charge in [-0.1, -0.05) is 6.07 Å². The summed E-state index contributed by atoms with van der Waals surface area (Å²) in [5.41, 5.74) is -0.958. The molecule has 0 aliphatic carbocycles. The van der Waals surface area contributed by atoms with Gasteiger partial charge < -0.3 is 19.5 Å². The minimum Gasteiger partial charge on any atom is -0.497 e. The number of rotatable bonds is 7. The van der Waals surface area contributed by atoms with Gasteiger partial charge in [-0.05, 0) is 49.4 Å². The molecule has 0 fully saturated rings. The highest BCUT2D eigenvalue weighted by atomic mass is 19.4. The van der Waals surface area contributed by atoms with Crippen LogP contribution in [0.15, 0.2) is 48.5 Å². The molecule has 150 valence electrons. The zero-order valence-corrected chi connectivity index (χ0v) is 15.1. The number of methoxy groups -OCH3 is 1. The first-order chi connectivity index (χ1) is 13.2. The molecule has 9 heteroatoms. The molecule has 0 unspecified atom stereocenters. The predicted molar refractivity (Wildman–Crippen MR) is 94.1 cm³/mol. The second kappa shape index (κ2) is 9.12. The van der Waals surface area contributed by atoms with Gasteiger partial charge in [-0.25, -0.2) is 4.79 Å². The first-order valence-corrected chi connectivity index (χ1v) is 8.13. The maximum atomic E-state index is 12.7. The third kappa shape index (κ3) is 6.19. The average Bonchev–Trinajstić information content (AvgIpc) is 2.66. The zero-order valence-electron chi connectivity index (χ0n) is 15.1. The number of alkyl halides is 3. The molecule has 0 heterocycles. The lowest BCUT2D eigenvalue weighted by Crippen LogP contribution is -2.31. The van der Waals surface area contributed by atoms with Gasteiger partial charge in [0.1, 0.15) is 11.5 Å². The maximum absolute atomic E-state index is 12.7. The number of anilines is 1. The molecule has 0 saturated carbocycles. The van der Waals surface area contributed by atoms with Gasteiger partial charge >= 0.3 is 12.1 Å². The molecule has 1 amide bonds. The van der Waals surface area contributed by atoms with Gasteiger partial charge in [0, 0.05) is 5.69 Å². The second-order valence-electron chi connectivity index (χ2n) is 5.66. The first-order valence-electron chi connectivity index (χ1n) is 8.13. The number of amides is 1. The van der Waals surface area contributed by atoms with Crippen molar-refractivity contribution in [2.75, 3.05) is 19.0 Å². The number of esters is 1. The highest BCUT2D eigenvalue weighted by Gasteiger charge is 2.30. The van der Waals surface area contributed by atoms with Gasteiger partial charge in [-0.3, -0.25) is 4.79 Å². The predicted octanol–water partition coefficient (Wildman–Crippen LogP) is 3.66. The van der Waals surface area contributed by atoms with Crippen LogP contribution in [0.4, 0.5) is 18.9 Å². The van der Waals surface area contributed by atoms with E-state index < -0.39 is 36.3 Å². The van der Waals surface area contributed by atoms with E-state index in [9.17, 15) is 22.8 Å². The molecule has 28 heavy (non-hydrogen) atoms. The van der Waals surface area contributed by atoms with Crippen LogP contribution in [0, 0.1) is 0 Å². The fourth-order valence-corrected chi connectivity index (χ4v) is 2.12. The number of carbonyl (C=O) groups excluding carboxylic acids is 2. The van der Waals surface area contributed by atoms with Crippen LogP contribution in [-0.2, 0) is 20.5 Å². The Bertz CT molecular complexity index is 821. The molecular formula is C19H18F3NO5. The van der Waals surface area contributed by atoms with Crippen LogP contribution < -0.4 is 14.8 Å². The van der Waals surface area contributed by atoms with Crippen molar-refractivity contribution in [3.8, 4) is 11.5 Å². The molecule has 0 saturated heterocycles. The number of nitrogens with one attached hydrogen (secondary N) is 1. The third-order valence-corrected chi connectivity index (χ3v) is 3.55. The Morgan fingerprint density at radius 2 is 1.71 bits per heavy atom. The average molecular weight is 397 g/mol. The molecule has 2 aromatic carbocycles. The quantitative estimate of drug-likeness (QED) is 0.722. The molecule has 0 bridgehead atoms. The normalized spacial score (nSPS) is 12.0. The van der Waals surface area contributed by atoms with Crippen molar-refractivity contribution >= 4 is 17.6 Å². The van der Waals surface area contributed by atoms with Crippen molar-refractivity contribution in [3.63, 3.8) is 0 Å². The first kappa shape index (κ1) is 21.1. The summed E-state index contributed by atoms with van der Waals surface area (Å²) >= 11 is 0. The number of ether oxygens (including phenoxy) is 3. The maximum Gasteiger partial charge on any atom is 0.416 e. The summed E-state index contributed by atoms with van der Waals surface area (Å²) in [6, 6.07) is 10.6. The van der Waals surface area contributed by atoms with Crippen LogP contribution in [-0.4, -0.2) is 31.7 Å². The van der Waals surface area contributed by atoms with E-state index in [1.54, 1.807) is 24.3 Å². The lowest BCUT2D eigenvalue weighted by molar-refractivity contribution is -0.155. The Hall–Kier alpha value is -3.23. The van der Waals surface area contributed by atoms with Crippen LogP contribution in [0.3, 0.4) is 0 Å².